The number of fused-ring (bicyclic) bond motifs is 1. The van der Waals surface area contributed by atoms with Crippen molar-refractivity contribution in [3.63, 3.8) is 0 Å². The van der Waals surface area contributed by atoms with Gasteiger partial charge in [-0.1, -0.05) is 26.8 Å². The van der Waals surface area contributed by atoms with Gasteiger partial charge in [0.1, 0.15) is 11.4 Å². The van der Waals surface area contributed by atoms with E-state index in [1.54, 1.807) is 17.6 Å². The monoisotopic (exact) mass is 917 g/mol. The summed E-state index contributed by atoms with van der Waals surface area (Å²) in [5.74, 6) is -25.8. The molecule has 1 amide bonds. The summed E-state index contributed by atoms with van der Waals surface area (Å²) >= 11 is 0. The number of benzene rings is 1. The van der Waals surface area contributed by atoms with Gasteiger partial charge in [0, 0.05) is 38.9 Å². The van der Waals surface area contributed by atoms with Gasteiger partial charge >= 0.3 is 48.6 Å². The second-order valence-corrected chi connectivity index (χ2v) is 14.0. The molecule has 0 spiro atoms. The number of rotatable bonds is 9. The zero-order chi connectivity index (χ0) is 47.0. The van der Waals surface area contributed by atoms with Crippen molar-refractivity contribution >= 4 is 47.1 Å². The first-order chi connectivity index (χ1) is 28.9. The number of pyridine rings is 1. The van der Waals surface area contributed by atoms with Crippen LogP contribution >= 0.6 is 0 Å². The number of nitrogens with zero attached hydrogens (tertiary/aromatic N) is 6. The number of amides is 1. The summed E-state index contributed by atoms with van der Waals surface area (Å²) in [5, 5.41) is 6.09. The third kappa shape index (κ3) is 11.2. The lowest BCUT2D eigenvalue weighted by Crippen LogP contribution is -2.46. The highest BCUT2D eigenvalue weighted by molar-refractivity contribution is 6.11. The number of alkyl halides is 12. The maximum atomic E-state index is 14.0. The Morgan fingerprint density at radius 2 is 1.13 bits per heavy atom. The lowest BCUT2D eigenvalue weighted by Gasteiger charge is -2.35. The predicted octanol–water partition coefficient (Wildman–Crippen LogP) is 5.87. The summed E-state index contributed by atoms with van der Waals surface area (Å²) in [6, 6.07) is 8.19. The van der Waals surface area contributed by atoms with Gasteiger partial charge in [0.05, 0.1) is 17.5 Å². The maximum absolute atomic E-state index is 14.0. The normalized spacial score (nSPS) is 14.3. The first kappa shape index (κ1) is 47.3. The Bertz CT molecular complexity index is 2340. The summed E-state index contributed by atoms with van der Waals surface area (Å²) in [5.41, 5.74) is -5.68. The Balaban J connectivity index is 1.68. The van der Waals surface area contributed by atoms with Crippen LogP contribution in [-0.2, 0) is 31.1 Å². The fourth-order valence-corrected chi connectivity index (χ4v) is 5.68. The molecule has 1 aromatic carbocycles. The van der Waals surface area contributed by atoms with Gasteiger partial charge in [-0.15, -0.1) is 5.10 Å². The molecule has 0 radical (unpaired) electrons. The Labute approximate surface area is 343 Å². The van der Waals surface area contributed by atoms with Crippen molar-refractivity contribution in [1.82, 2.24) is 24.5 Å². The zero-order valence-electron chi connectivity index (χ0n) is 32.0. The smallest absolute Gasteiger partial charge is 0.415 e. The van der Waals surface area contributed by atoms with Crippen molar-refractivity contribution < 1.29 is 95.6 Å². The van der Waals surface area contributed by atoms with Crippen LogP contribution in [0.4, 0.5) is 64.3 Å². The molecule has 5 rings (SSSR count). The molecular formula is C35H27F12N7O9. The van der Waals surface area contributed by atoms with Crippen molar-refractivity contribution in [2.75, 3.05) is 36.4 Å². The molecule has 28 heteroatoms. The molecule has 0 saturated carbocycles. The van der Waals surface area contributed by atoms with E-state index in [9.17, 15) is 76.7 Å². The van der Waals surface area contributed by atoms with Gasteiger partial charge in [-0.2, -0.15) is 52.7 Å². The van der Waals surface area contributed by atoms with E-state index in [2.05, 4.69) is 38.9 Å². The van der Waals surface area contributed by atoms with Crippen molar-refractivity contribution in [1.29, 1.82) is 0 Å². The Morgan fingerprint density at radius 3 is 1.56 bits per heavy atom. The molecule has 1 N–H and O–H groups in total. The molecule has 1 fully saturated rings. The molecule has 4 heterocycles. The van der Waals surface area contributed by atoms with Gasteiger partial charge in [0.15, 0.2) is 34.5 Å². The molecule has 63 heavy (non-hydrogen) atoms. The third-order valence-electron chi connectivity index (χ3n) is 8.36. The number of esters is 4. The number of halogens is 12. The molecule has 1 saturated heterocycles. The van der Waals surface area contributed by atoms with Gasteiger partial charge in [0.25, 0.3) is 5.91 Å². The lowest BCUT2D eigenvalue weighted by atomic mass is 9.83. The quantitative estimate of drug-likeness (QED) is 0.120. The van der Waals surface area contributed by atoms with E-state index in [-0.39, 0.29) is 5.65 Å². The molecule has 0 aliphatic carbocycles. The first-order valence-electron chi connectivity index (χ1n) is 17.4. The second kappa shape index (κ2) is 17.2. The van der Waals surface area contributed by atoms with E-state index in [0.717, 1.165) is 37.2 Å². The van der Waals surface area contributed by atoms with Gasteiger partial charge in [0.2, 0.25) is 0 Å². The van der Waals surface area contributed by atoms with Crippen molar-refractivity contribution in [3.05, 3.63) is 59.5 Å². The fraction of sp³-hybridized carbons (Fsp3) is 0.371. The lowest BCUT2D eigenvalue weighted by molar-refractivity contribution is -0.192. The Morgan fingerprint density at radius 1 is 0.651 bits per heavy atom. The number of piperazine rings is 1. The van der Waals surface area contributed by atoms with E-state index in [4.69, 9.17) is 0 Å². The average molecular weight is 918 g/mol. The summed E-state index contributed by atoms with van der Waals surface area (Å²) in [4.78, 5) is 75.0. The van der Waals surface area contributed by atoms with Crippen LogP contribution in [0.15, 0.2) is 42.7 Å². The minimum Gasteiger partial charge on any atom is -0.415 e. The van der Waals surface area contributed by atoms with Crippen LogP contribution in [0.25, 0.3) is 5.65 Å². The predicted molar refractivity (Wildman–Crippen MR) is 185 cm³/mol. The van der Waals surface area contributed by atoms with E-state index in [0.29, 0.717) is 38.5 Å². The van der Waals surface area contributed by atoms with Gasteiger partial charge in [-0.25, -0.2) is 28.7 Å². The van der Waals surface area contributed by atoms with Gasteiger partial charge < -0.3 is 29.2 Å². The highest BCUT2D eigenvalue weighted by Crippen LogP contribution is 2.55. The number of carbonyl (C=O) groups is 5. The molecule has 0 atom stereocenters. The van der Waals surface area contributed by atoms with Crippen molar-refractivity contribution in [3.8, 4) is 23.0 Å². The highest BCUT2D eigenvalue weighted by Gasteiger charge is 2.51. The molecule has 1 aliphatic rings. The molecule has 0 bridgehead atoms. The van der Waals surface area contributed by atoms with Crippen LogP contribution in [0.1, 0.15) is 42.4 Å². The number of anilines is 2. The number of hydrogen-bond acceptors (Lipinski definition) is 14. The van der Waals surface area contributed by atoms with Crippen LogP contribution in [0.2, 0.25) is 0 Å². The van der Waals surface area contributed by atoms with Crippen LogP contribution < -0.4 is 29.2 Å². The standard InChI is InChI=1S/C35H27F12N7O9/c1-31(2,3)21-24(62-29(58)34(42,43)44)22(60-27(56)32(36,37)38)20(23(61-28(57)33(39,40)41)25(21)63-30(59)35(45,46)47)26(55)50-17-15-54-18(49-17)7-8-19(51-54)53-12-10-52(11-13-53)14-16-6-4-5-9-48-16/h4-9,15H,10-14H2,1-3H3,(H,50,55). The SMILES string of the molecule is CC(C)(C)c1c(OC(=O)C(F)(F)F)c(OC(=O)C(F)(F)F)c(C(=O)Nc2cn3nc(N4CCN(Cc5ccccn5)CC4)ccc3n2)c(OC(=O)C(F)(F)F)c1OC(=O)C(F)(F)F. The third-order valence-corrected chi connectivity index (χ3v) is 8.36. The first-order valence-corrected chi connectivity index (χ1v) is 17.4. The fourth-order valence-electron chi connectivity index (χ4n) is 5.68. The topological polar surface area (TPSA) is 184 Å². The number of carbonyl (C=O) groups excluding carboxylic acids is 5. The number of nitrogens with one attached hydrogen (secondary N) is 1. The summed E-state index contributed by atoms with van der Waals surface area (Å²) < 4.78 is 181. The molecule has 16 nitrogen and oxygen atoms in total. The average Bonchev–Trinajstić information content (AvgIpc) is 3.56. The Hall–Kier alpha value is -6.74. The molecule has 340 valence electrons. The van der Waals surface area contributed by atoms with Crippen LogP contribution in [-0.4, -0.2) is 105 Å². The van der Waals surface area contributed by atoms with E-state index < -0.39 is 99.8 Å². The Kier molecular flexibility index (Phi) is 12.9. The molecule has 1 aliphatic heterocycles. The van der Waals surface area contributed by atoms with Crippen molar-refractivity contribution in [2.24, 2.45) is 0 Å². The van der Waals surface area contributed by atoms with Gasteiger partial charge in [-0.05, 0) is 29.7 Å². The number of hydrogen-bond donors (Lipinski definition) is 1. The number of ether oxygens (including phenoxy) is 4. The largest absolute Gasteiger partial charge is 0.491 e. The molecular weight excluding hydrogens is 890 g/mol. The highest BCUT2D eigenvalue weighted by atomic mass is 19.4. The zero-order valence-corrected chi connectivity index (χ0v) is 32.0. The van der Waals surface area contributed by atoms with Crippen LogP contribution in [0, 0.1) is 0 Å². The van der Waals surface area contributed by atoms with Crippen LogP contribution in [0.5, 0.6) is 23.0 Å². The number of aromatic nitrogens is 4. The minimum atomic E-state index is -6.19. The summed E-state index contributed by atoms with van der Waals surface area (Å²) in [7, 11) is 0. The summed E-state index contributed by atoms with van der Waals surface area (Å²) in [6.07, 6.45) is -22.2. The second-order valence-electron chi connectivity index (χ2n) is 14.0. The van der Waals surface area contributed by atoms with Gasteiger partial charge in [-0.3, -0.25) is 14.7 Å². The van der Waals surface area contributed by atoms with Crippen molar-refractivity contribution in [2.45, 2.75) is 57.4 Å². The molecule has 4 aromatic rings. The van der Waals surface area contributed by atoms with Crippen LogP contribution in [0.3, 0.4) is 0 Å². The summed E-state index contributed by atoms with van der Waals surface area (Å²) in [6.45, 7) is 4.69. The van der Waals surface area contributed by atoms with E-state index in [1.165, 1.54) is 12.1 Å². The number of imidazole rings is 1. The van der Waals surface area contributed by atoms with E-state index >= 15 is 0 Å². The minimum absolute atomic E-state index is 0.141. The van der Waals surface area contributed by atoms with E-state index in [1.807, 2.05) is 17.0 Å². The molecule has 0 unspecified atom stereocenters. The maximum Gasteiger partial charge on any atom is 0.491 e. The molecule has 3 aromatic heterocycles.